The molecule has 2 unspecified atom stereocenters. The van der Waals surface area contributed by atoms with Gasteiger partial charge in [-0.2, -0.15) is 26.3 Å². The Kier molecular flexibility index (Phi) is 11.5. The van der Waals surface area contributed by atoms with Crippen LogP contribution in [0, 0.1) is 5.92 Å². The van der Waals surface area contributed by atoms with Crippen LogP contribution in [0.1, 0.15) is 47.0 Å². The standard InChI is InChI=1S/C12H16F6O4.C2H6/c1-7(6-21-9(19)4-11(13,14)15)3-8(2)22-10(20)5-12(16,17)18;1-2/h7-8H,3-6H2,1-2H3;1-2H3. The molecule has 0 aromatic heterocycles. The van der Waals surface area contributed by atoms with E-state index < -0.39 is 49.2 Å². The van der Waals surface area contributed by atoms with E-state index in [1.54, 1.807) is 0 Å². The Balaban J connectivity index is 0. The lowest BCUT2D eigenvalue weighted by atomic mass is 10.1. The average Bonchev–Trinajstić information content (AvgIpc) is 2.34. The minimum atomic E-state index is -4.67. The highest BCUT2D eigenvalue weighted by atomic mass is 19.4. The summed E-state index contributed by atoms with van der Waals surface area (Å²) in [5.41, 5.74) is 0. The van der Waals surface area contributed by atoms with Gasteiger partial charge in [0.1, 0.15) is 12.8 Å². The summed E-state index contributed by atoms with van der Waals surface area (Å²) >= 11 is 0. The molecule has 0 aromatic rings. The summed E-state index contributed by atoms with van der Waals surface area (Å²) in [6.45, 7) is 6.48. The maximum absolute atomic E-state index is 11.9. The highest BCUT2D eigenvalue weighted by molar-refractivity contribution is 5.70. The monoisotopic (exact) mass is 368 g/mol. The molecular weight excluding hydrogens is 346 g/mol. The quantitative estimate of drug-likeness (QED) is 0.493. The van der Waals surface area contributed by atoms with E-state index in [2.05, 4.69) is 9.47 Å². The Morgan fingerprint density at radius 2 is 1.29 bits per heavy atom. The maximum Gasteiger partial charge on any atom is 0.399 e. The first-order valence-electron chi connectivity index (χ1n) is 7.27. The van der Waals surface area contributed by atoms with Crippen molar-refractivity contribution in [3.05, 3.63) is 0 Å². The Bertz CT molecular complexity index is 378. The summed E-state index contributed by atoms with van der Waals surface area (Å²) in [6, 6.07) is 0. The molecule has 0 aromatic carbocycles. The molecule has 0 radical (unpaired) electrons. The summed E-state index contributed by atoms with van der Waals surface area (Å²) in [5, 5.41) is 0. The van der Waals surface area contributed by atoms with Crippen molar-refractivity contribution < 1.29 is 45.4 Å². The van der Waals surface area contributed by atoms with Crippen molar-refractivity contribution in [2.24, 2.45) is 5.92 Å². The van der Waals surface area contributed by atoms with Crippen LogP contribution in [0.2, 0.25) is 0 Å². The van der Waals surface area contributed by atoms with Gasteiger partial charge in [-0.05, 0) is 19.3 Å². The largest absolute Gasteiger partial charge is 0.465 e. The van der Waals surface area contributed by atoms with Crippen LogP contribution in [-0.4, -0.2) is 37.0 Å². The van der Waals surface area contributed by atoms with Gasteiger partial charge in [0, 0.05) is 0 Å². The van der Waals surface area contributed by atoms with Crippen LogP contribution < -0.4 is 0 Å². The minimum absolute atomic E-state index is 0.0445. The number of ether oxygens (including phenoxy) is 2. The van der Waals surface area contributed by atoms with Gasteiger partial charge >= 0.3 is 24.3 Å². The van der Waals surface area contributed by atoms with E-state index >= 15 is 0 Å². The predicted molar refractivity (Wildman–Crippen MR) is 73.0 cm³/mol. The van der Waals surface area contributed by atoms with Crippen molar-refractivity contribution >= 4 is 11.9 Å². The summed E-state index contributed by atoms with van der Waals surface area (Å²) < 4.78 is 80.2. The number of esters is 2. The molecule has 4 nitrogen and oxygen atoms in total. The van der Waals surface area contributed by atoms with Gasteiger partial charge in [0.2, 0.25) is 0 Å². The predicted octanol–water partition coefficient (Wildman–Crippen LogP) is 4.42. The van der Waals surface area contributed by atoms with E-state index in [4.69, 9.17) is 0 Å². The van der Waals surface area contributed by atoms with Gasteiger partial charge in [0.15, 0.2) is 0 Å². The second-order valence-electron chi connectivity index (χ2n) is 4.91. The zero-order valence-electron chi connectivity index (χ0n) is 13.9. The Hall–Kier alpha value is -1.48. The van der Waals surface area contributed by atoms with E-state index in [1.807, 2.05) is 13.8 Å². The second kappa shape index (κ2) is 11.1. The van der Waals surface area contributed by atoms with E-state index in [-0.39, 0.29) is 13.0 Å². The van der Waals surface area contributed by atoms with Crippen LogP contribution in [0.25, 0.3) is 0 Å². The smallest absolute Gasteiger partial charge is 0.399 e. The summed E-state index contributed by atoms with van der Waals surface area (Å²) in [6.07, 6.45) is -13.6. The van der Waals surface area contributed by atoms with Crippen molar-refractivity contribution in [2.75, 3.05) is 6.61 Å². The number of alkyl halides is 6. The van der Waals surface area contributed by atoms with Crippen molar-refractivity contribution in [2.45, 2.75) is 65.4 Å². The average molecular weight is 368 g/mol. The zero-order chi connectivity index (χ0) is 19.6. The fourth-order valence-electron chi connectivity index (χ4n) is 1.56. The van der Waals surface area contributed by atoms with Crippen molar-refractivity contribution in [1.29, 1.82) is 0 Å². The lowest BCUT2D eigenvalue weighted by molar-refractivity contribution is -0.177. The number of rotatable bonds is 7. The molecule has 0 aliphatic rings. The number of hydrogen-bond acceptors (Lipinski definition) is 4. The first kappa shape index (κ1) is 24.8. The minimum Gasteiger partial charge on any atom is -0.465 e. The normalized spacial score (nSPS) is 14.1. The highest BCUT2D eigenvalue weighted by Crippen LogP contribution is 2.22. The Labute approximate surface area is 136 Å². The molecule has 0 N–H and O–H groups in total. The van der Waals surface area contributed by atoms with Crippen molar-refractivity contribution in [3.63, 3.8) is 0 Å². The molecule has 0 saturated heterocycles. The SMILES string of the molecule is CC.CC(COC(=O)CC(F)(F)F)CC(C)OC(=O)CC(F)(F)F. The maximum atomic E-state index is 11.9. The fraction of sp³-hybridized carbons (Fsp3) is 0.857. The van der Waals surface area contributed by atoms with E-state index in [0.717, 1.165) is 0 Å². The molecule has 0 amide bonds. The number of halogens is 6. The van der Waals surface area contributed by atoms with Crippen LogP contribution >= 0.6 is 0 Å². The summed E-state index contributed by atoms with van der Waals surface area (Å²) in [4.78, 5) is 21.8. The van der Waals surface area contributed by atoms with E-state index in [1.165, 1.54) is 13.8 Å². The molecule has 0 bridgehead atoms. The third-order valence-electron chi connectivity index (χ3n) is 2.29. The molecule has 0 fully saturated rings. The molecule has 0 spiro atoms. The zero-order valence-corrected chi connectivity index (χ0v) is 13.9. The van der Waals surface area contributed by atoms with Crippen LogP contribution in [-0.2, 0) is 19.1 Å². The first-order chi connectivity index (χ1) is 10.8. The second-order valence-corrected chi connectivity index (χ2v) is 4.91. The van der Waals surface area contributed by atoms with Gasteiger partial charge in [-0.25, -0.2) is 0 Å². The molecule has 0 aliphatic carbocycles. The van der Waals surface area contributed by atoms with Crippen LogP contribution in [0.3, 0.4) is 0 Å². The van der Waals surface area contributed by atoms with Crippen LogP contribution in [0.15, 0.2) is 0 Å². The van der Waals surface area contributed by atoms with Gasteiger partial charge in [-0.3, -0.25) is 9.59 Å². The molecule has 0 heterocycles. The summed E-state index contributed by atoms with van der Waals surface area (Å²) in [5.74, 6) is -3.37. The van der Waals surface area contributed by atoms with Gasteiger partial charge in [-0.1, -0.05) is 20.8 Å². The first-order valence-corrected chi connectivity index (χ1v) is 7.27. The van der Waals surface area contributed by atoms with Gasteiger partial charge in [0.25, 0.3) is 0 Å². The van der Waals surface area contributed by atoms with Crippen LogP contribution in [0.4, 0.5) is 26.3 Å². The Morgan fingerprint density at radius 1 is 0.875 bits per heavy atom. The molecule has 0 saturated carbocycles. The van der Waals surface area contributed by atoms with Gasteiger partial charge in [0.05, 0.1) is 12.7 Å². The van der Waals surface area contributed by atoms with Gasteiger partial charge < -0.3 is 9.47 Å². The van der Waals surface area contributed by atoms with E-state index in [9.17, 15) is 35.9 Å². The van der Waals surface area contributed by atoms with Crippen molar-refractivity contribution in [3.8, 4) is 0 Å². The van der Waals surface area contributed by atoms with Crippen molar-refractivity contribution in [1.82, 2.24) is 0 Å². The van der Waals surface area contributed by atoms with Gasteiger partial charge in [-0.15, -0.1) is 0 Å². The van der Waals surface area contributed by atoms with Crippen LogP contribution in [0.5, 0.6) is 0 Å². The van der Waals surface area contributed by atoms with E-state index in [0.29, 0.717) is 0 Å². The molecular formula is C14H22F6O4. The molecule has 0 aliphatic heterocycles. The molecule has 0 rings (SSSR count). The highest BCUT2D eigenvalue weighted by Gasteiger charge is 2.33. The molecule has 10 heteroatoms. The molecule has 144 valence electrons. The number of carbonyl (C=O) groups is 2. The third-order valence-corrected chi connectivity index (χ3v) is 2.29. The lowest BCUT2D eigenvalue weighted by Crippen LogP contribution is -2.24. The topological polar surface area (TPSA) is 52.6 Å². The fourth-order valence-corrected chi connectivity index (χ4v) is 1.56. The number of carbonyl (C=O) groups excluding carboxylic acids is 2. The summed E-state index contributed by atoms with van der Waals surface area (Å²) in [7, 11) is 0. The third kappa shape index (κ3) is 16.9. The molecule has 2 atom stereocenters. The molecule has 24 heavy (non-hydrogen) atoms. The Morgan fingerprint density at radius 3 is 1.71 bits per heavy atom. The number of hydrogen-bond donors (Lipinski definition) is 0. The lowest BCUT2D eigenvalue weighted by Gasteiger charge is -2.18.